The predicted octanol–water partition coefficient (Wildman–Crippen LogP) is -0.133. The predicted molar refractivity (Wildman–Crippen MR) is 149 cm³/mol. The third-order valence-electron chi connectivity index (χ3n) is 6.53. The minimum absolute atomic E-state index is 0.0306. The van der Waals surface area contributed by atoms with Crippen LogP contribution in [0.2, 0.25) is 0 Å². The number of aliphatic carboxylic acids is 1. The lowest BCUT2D eigenvalue weighted by Crippen LogP contribution is -2.57. The van der Waals surface area contributed by atoms with Crippen molar-refractivity contribution < 1.29 is 24.3 Å². The first-order valence-corrected chi connectivity index (χ1v) is 13.5. The lowest BCUT2D eigenvalue weighted by atomic mass is 9.96. The zero-order chi connectivity index (χ0) is 28.8. The maximum Gasteiger partial charge on any atom is 0.326 e. The summed E-state index contributed by atoms with van der Waals surface area (Å²) in [5, 5.41) is 21.0. The largest absolute Gasteiger partial charge is 0.480 e. The van der Waals surface area contributed by atoms with Crippen LogP contribution in [0.3, 0.4) is 0 Å². The Bertz CT molecular complexity index is 976. The van der Waals surface area contributed by atoms with Crippen LogP contribution in [0, 0.1) is 11.8 Å². The molecule has 9 N–H and O–H groups in total. The maximum absolute atomic E-state index is 13.5. The van der Waals surface area contributed by atoms with Gasteiger partial charge in [-0.2, -0.15) is 0 Å². The van der Waals surface area contributed by atoms with Crippen LogP contribution in [0.4, 0.5) is 0 Å². The van der Waals surface area contributed by atoms with Crippen molar-refractivity contribution in [3.05, 3.63) is 35.9 Å². The molecular weight excluding hydrogens is 502 g/mol. The Labute approximate surface area is 229 Å². The number of benzene rings is 1. The van der Waals surface area contributed by atoms with Crippen molar-refractivity contribution in [2.24, 2.45) is 28.3 Å². The second-order valence-corrected chi connectivity index (χ2v) is 10.3. The molecule has 1 aliphatic heterocycles. The molecule has 0 saturated carbocycles. The quantitative estimate of drug-likeness (QED) is 0.0897. The first kappa shape index (κ1) is 31.5. The standard InChI is InChI=1S/C27H43N7O5/c1-17(2)15-21(24(36)32-20(26(38)39)9-6-12-31-27(28)29)34-25(37)22(16-18-7-4-3-5-8-18)33-23(35)19-10-13-30-14-11-19/h3-5,7-8,17,19-22,30H,6,9-16H2,1-2H3,(H,32,36)(H,33,35)(H,34,37)(H,38,39)(H4,28,29,31). The van der Waals surface area contributed by atoms with E-state index in [1.54, 1.807) is 0 Å². The molecule has 39 heavy (non-hydrogen) atoms. The summed E-state index contributed by atoms with van der Waals surface area (Å²) in [6.45, 7) is 5.50. The third kappa shape index (κ3) is 11.7. The number of guanidine groups is 1. The second-order valence-electron chi connectivity index (χ2n) is 10.3. The van der Waals surface area contributed by atoms with E-state index in [9.17, 15) is 24.3 Å². The van der Waals surface area contributed by atoms with E-state index in [2.05, 4.69) is 26.3 Å². The SMILES string of the molecule is CC(C)CC(NC(=O)C(Cc1ccccc1)NC(=O)C1CCNCC1)C(=O)NC(CCCN=C(N)N)C(=O)O. The fourth-order valence-electron chi connectivity index (χ4n) is 4.44. The number of amides is 3. The van der Waals surface area contributed by atoms with Gasteiger partial charge in [0.2, 0.25) is 17.7 Å². The smallest absolute Gasteiger partial charge is 0.326 e. The summed E-state index contributed by atoms with van der Waals surface area (Å²) in [5.74, 6) is -2.74. The molecule has 1 saturated heterocycles. The van der Waals surface area contributed by atoms with Gasteiger partial charge in [-0.3, -0.25) is 19.4 Å². The molecule has 0 aliphatic carbocycles. The molecule has 0 spiro atoms. The number of hydrogen-bond donors (Lipinski definition) is 7. The lowest BCUT2D eigenvalue weighted by Gasteiger charge is -2.27. The molecule has 3 unspecified atom stereocenters. The Morgan fingerprint density at radius 3 is 2.18 bits per heavy atom. The molecular formula is C27H43N7O5. The number of carboxylic acid groups (broad SMARTS) is 1. The average molecular weight is 546 g/mol. The minimum atomic E-state index is -1.20. The zero-order valence-corrected chi connectivity index (χ0v) is 22.8. The number of carbonyl (C=O) groups is 4. The van der Waals surface area contributed by atoms with Gasteiger partial charge in [0.15, 0.2) is 5.96 Å². The van der Waals surface area contributed by atoms with Crippen molar-refractivity contribution in [1.82, 2.24) is 21.3 Å². The molecule has 12 nitrogen and oxygen atoms in total. The molecule has 1 aliphatic rings. The van der Waals surface area contributed by atoms with Crippen molar-refractivity contribution >= 4 is 29.7 Å². The Morgan fingerprint density at radius 2 is 1.59 bits per heavy atom. The molecule has 3 amide bonds. The summed E-state index contributed by atoms with van der Waals surface area (Å²) in [6, 6.07) is 6.27. The van der Waals surface area contributed by atoms with E-state index >= 15 is 0 Å². The van der Waals surface area contributed by atoms with E-state index in [0.717, 1.165) is 18.7 Å². The molecule has 2 rings (SSSR count). The van der Waals surface area contributed by atoms with Gasteiger partial charge in [-0.15, -0.1) is 0 Å². The number of carboxylic acids is 1. The fourth-order valence-corrected chi connectivity index (χ4v) is 4.44. The maximum atomic E-state index is 13.5. The van der Waals surface area contributed by atoms with E-state index in [0.29, 0.717) is 19.3 Å². The number of aliphatic imine (C=N–C) groups is 1. The molecule has 12 heteroatoms. The normalized spacial score (nSPS) is 16.0. The van der Waals surface area contributed by atoms with Crippen LogP contribution in [-0.4, -0.2) is 72.5 Å². The van der Waals surface area contributed by atoms with Crippen molar-refractivity contribution in [2.45, 2.75) is 70.5 Å². The van der Waals surface area contributed by atoms with Crippen LogP contribution < -0.4 is 32.7 Å². The second kappa shape index (κ2) is 16.3. The van der Waals surface area contributed by atoms with Gasteiger partial charge < -0.3 is 37.8 Å². The van der Waals surface area contributed by atoms with Gasteiger partial charge in [0.05, 0.1) is 0 Å². The highest BCUT2D eigenvalue weighted by atomic mass is 16.4. The number of rotatable bonds is 15. The molecule has 1 fully saturated rings. The topological polar surface area (TPSA) is 201 Å². The van der Waals surface area contributed by atoms with E-state index < -0.39 is 35.9 Å². The summed E-state index contributed by atoms with van der Waals surface area (Å²) in [7, 11) is 0. The summed E-state index contributed by atoms with van der Waals surface area (Å²) < 4.78 is 0. The number of carbonyl (C=O) groups excluding carboxylic acids is 3. The van der Waals surface area contributed by atoms with Gasteiger partial charge in [-0.25, -0.2) is 4.79 Å². The molecule has 0 aromatic heterocycles. The van der Waals surface area contributed by atoms with Crippen LogP contribution in [0.1, 0.15) is 51.5 Å². The molecule has 0 radical (unpaired) electrons. The van der Waals surface area contributed by atoms with Gasteiger partial charge in [-0.05, 0) is 56.7 Å². The zero-order valence-electron chi connectivity index (χ0n) is 22.8. The highest BCUT2D eigenvalue weighted by Gasteiger charge is 2.31. The average Bonchev–Trinajstić information content (AvgIpc) is 2.90. The Morgan fingerprint density at radius 1 is 0.974 bits per heavy atom. The fraction of sp³-hybridized carbons (Fsp3) is 0.593. The molecule has 1 heterocycles. The van der Waals surface area contributed by atoms with E-state index in [1.807, 2.05) is 44.2 Å². The number of nitrogens with two attached hydrogens (primary N) is 2. The van der Waals surface area contributed by atoms with Gasteiger partial charge in [0.1, 0.15) is 18.1 Å². The molecule has 1 aromatic rings. The Balaban J connectivity index is 2.14. The van der Waals surface area contributed by atoms with Crippen molar-refractivity contribution in [2.75, 3.05) is 19.6 Å². The van der Waals surface area contributed by atoms with Gasteiger partial charge in [0.25, 0.3) is 0 Å². The Kier molecular flexibility index (Phi) is 13.2. The monoisotopic (exact) mass is 545 g/mol. The number of nitrogens with zero attached hydrogens (tertiary/aromatic N) is 1. The van der Waals surface area contributed by atoms with Gasteiger partial charge in [0, 0.05) is 18.9 Å². The third-order valence-corrected chi connectivity index (χ3v) is 6.53. The summed E-state index contributed by atoms with van der Waals surface area (Å²) in [6.07, 6.45) is 2.37. The lowest BCUT2D eigenvalue weighted by molar-refractivity contribution is -0.142. The number of piperidine rings is 1. The van der Waals surface area contributed by atoms with Crippen LogP contribution in [-0.2, 0) is 25.6 Å². The van der Waals surface area contributed by atoms with Crippen molar-refractivity contribution in [3.8, 4) is 0 Å². The van der Waals surface area contributed by atoms with Crippen LogP contribution in [0.15, 0.2) is 35.3 Å². The van der Waals surface area contributed by atoms with Gasteiger partial charge >= 0.3 is 5.97 Å². The summed E-state index contributed by atoms with van der Waals surface area (Å²) in [4.78, 5) is 55.3. The molecule has 0 bridgehead atoms. The van der Waals surface area contributed by atoms with Crippen LogP contribution in [0.25, 0.3) is 0 Å². The highest BCUT2D eigenvalue weighted by molar-refractivity contribution is 5.93. The van der Waals surface area contributed by atoms with E-state index in [4.69, 9.17) is 11.5 Å². The first-order chi connectivity index (χ1) is 18.6. The van der Waals surface area contributed by atoms with Crippen molar-refractivity contribution in [3.63, 3.8) is 0 Å². The van der Waals surface area contributed by atoms with E-state index in [1.165, 1.54) is 0 Å². The Hall–Kier alpha value is -3.67. The summed E-state index contributed by atoms with van der Waals surface area (Å²) >= 11 is 0. The van der Waals surface area contributed by atoms with Crippen molar-refractivity contribution in [1.29, 1.82) is 0 Å². The molecule has 216 valence electrons. The molecule has 3 atom stereocenters. The number of nitrogens with one attached hydrogen (secondary N) is 4. The molecule has 1 aromatic carbocycles. The summed E-state index contributed by atoms with van der Waals surface area (Å²) in [5.41, 5.74) is 11.5. The minimum Gasteiger partial charge on any atom is -0.480 e. The number of hydrogen-bond acceptors (Lipinski definition) is 6. The first-order valence-electron chi connectivity index (χ1n) is 13.5. The van der Waals surface area contributed by atoms with Crippen LogP contribution in [0.5, 0.6) is 0 Å². The van der Waals surface area contributed by atoms with Gasteiger partial charge in [-0.1, -0.05) is 44.2 Å². The van der Waals surface area contributed by atoms with Crippen LogP contribution >= 0.6 is 0 Å². The van der Waals surface area contributed by atoms with E-state index in [-0.39, 0.29) is 49.5 Å². The highest BCUT2D eigenvalue weighted by Crippen LogP contribution is 2.14.